The van der Waals surface area contributed by atoms with E-state index in [2.05, 4.69) is 5.10 Å². The molecule has 2 N–H and O–H groups in total. The van der Waals surface area contributed by atoms with Crippen molar-refractivity contribution in [2.24, 2.45) is 5.73 Å². The van der Waals surface area contributed by atoms with Gasteiger partial charge in [-0.1, -0.05) is 6.92 Å². The van der Waals surface area contributed by atoms with E-state index in [1.807, 2.05) is 32.0 Å². The zero-order valence-corrected chi connectivity index (χ0v) is 12.7. The van der Waals surface area contributed by atoms with Crippen molar-refractivity contribution in [1.29, 1.82) is 0 Å². The summed E-state index contributed by atoms with van der Waals surface area (Å²) in [6.07, 6.45) is 0.849. The quantitative estimate of drug-likeness (QED) is 0.914. The first-order chi connectivity index (χ1) is 10.1. The highest BCUT2D eigenvalue weighted by Gasteiger charge is 2.10. The van der Waals surface area contributed by atoms with E-state index in [9.17, 15) is 4.79 Å². The topological polar surface area (TPSA) is 70.1 Å². The highest BCUT2D eigenvalue weighted by atomic mass is 16.5. The molecule has 1 aromatic carbocycles. The Labute approximate surface area is 124 Å². The molecule has 2 rings (SSSR count). The normalized spacial score (nSPS) is 10.7. The van der Waals surface area contributed by atoms with Crippen molar-refractivity contribution >= 4 is 0 Å². The second kappa shape index (κ2) is 6.54. The molecule has 2 aromatic rings. The van der Waals surface area contributed by atoms with Crippen LogP contribution in [0.2, 0.25) is 0 Å². The van der Waals surface area contributed by atoms with Crippen LogP contribution in [0.3, 0.4) is 0 Å². The molecule has 0 saturated heterocycles. The van der Waals surface area contributed by atoms with E-state index in [-0.39, 0.29) is 12.1 Å². The number of benzene rings is 1. The summed E-state index contributed by atoms with van der Waals surface area (Å²) in [6, 6.07) is 7.62. The van der Waals surface area contributed by atoms with E-state index in [0.717, 1.165) is 29.0 Å². The first kappa shape index (κ1) is 15.3. The zero-order chi connectivity index (χ0) is 15.4. The maximum atomic E-state index is 12.1. The van der Waals surface area contributed by atoms with Gasteiger partial charge in [0.15, 0.2) is 0 Å². The van der Waals surface area contributed by atoms with Crippen LogP contribution in [-0.4, -0.2) is 16.9 Å². The van der Waals surface area contributed by atoms with Gasteiger partial charge in [0, 0.05) is 24.2 Å². The van der Waals surface area contributed by atoms with Crippen LogP contribution in [-0.2, 0) is 13.1 Å². The van der Waals surface area contributed by atoms with Crippen LogP contribution in [0, 0.1) is 6.92 Å². The van der Waals surface area contributed by atoms with E-state index in [1.165, 1.54) is 4.68 Å². The molecule has 0 atom stereocenters. The molecule has 0 aliphatic carbocycles. The molecule has 5 nitrogen and oxygen atoms in total. The summed E-state index contributed by atoms with van der Waals surface area (Å²) in [5.74, 6) is 0.833. The molecule has 0 saturated carbocycles. The first-order valence-corrected chi connectivity index (χ1v) is 7.06. The molecule has 0 amide bonds. The van der Waals surface area contributed by atoms with E-state index >= 15 is 0 Å². The molecular formula is C16H21N3O2. The van der Waals surface area contributed by atoms with Crippen LogP contribution < -0.4 is 16.0 Å². The number of aryl methyl sites for hydroxylation is 2. The molecule has 0 spiro atoms. The van der Waals surface area contributed by atoms with Crippen LogP contribution in [0.4, 0.5) is 0 Å². The minimum absolute atomic E-state index is 0.103. The Morgan fingerprint density at radius 1 is 1.33 bits per heavy atom. The maximum Gasteiger partial charge on any atom is 0.271 e. The molecule has 1 aromatic heterocycles. The SMILES string of the molecule is CCCn1nc(-c2ccc(OC)c(C)c2)cc(CN)c1=O. The summed E-state index contributed by atoms with van der Waals surface area (Å²) >= 11 is 0. The van der Waals surface area contributed by atoms with Crippen LogP contribution in [0.15, 0.2) is 29.1 Å². The number of aromatic nitrogens is 2. The maximum absolute atomic E-state index is 12.1. The Hall–Kier alpha value is -2.14. The fourth-order valence-corrected chi connectivity index (χ4v) is 2.29. The minimum Gasteiger partial charge on any atom is -0.496 e. The van der Waals surface area contributed by atoms with E-state index in [0.29, 0.717) is 12.1 Å². The molecule has 0 radical (unpaired) electrons. The molecule has 21 heavy (non-hydrogen) atoms. The first-order valence-electron chi connectivity index (χ1n) is 7.06. The van der Waals surface area contributed by atoms with Crippen LogP contribution in [0.1, 0.15) is 24.5 Å². The van der Waals surface area contributed by atoms with E-state index in [1.54, 1.807) is 13.2 Å². The number of rotatable bonds is 5. The van der Waals surface area contributed by atoms with Crippen molar-refractivity contribution in [2.45, 2.75) is 33.4 Å². The van der Waals surface area contributed by atoms with Crippen molar-refractivity contribution in [3.05, 3.63) is 45.7 Å². The summed E-state index contributed by atoms with van der Waals surface area (Å²) in [6.45, 7) is 4.80. The van der Waals surface area contributed by atoms with Gasteiger partial charge in [-0.3, -0.25) is 4.79 Å². The minimum atomic E-state index is -0.103. The Bertz CT molecular complexity index is 692. The van der Waals surface area contributed by atoms with Gasteiger partial charge in [-0.2, -0.15) is 5.10 Å². The van der Waals surface area contributed by atoms with Crippen molar-refractivity contribution in [2.75, 3.05) is 7.11 Å². The van der Waals surface area contributed by atoms with Crippen LogP contribution in [0.25, 0.3) is 11.3 Å². The molecule has 0 aliphatic rings. The Kier molecular flexibility index (Phi) is 4.75. The smallest absolute Gasteiger partial charge is 0.271 e. The molecule has 0 aliphatic heterocycles. The Morgan fingerprint density at radius 2 is 2.10 bits per heavy atom. The fraction of sp³-hybridized carbons (Fsp3) is 0.375. The van der Waals surface area contributed by atoms with E-state index < -0.39 is 0 Å². The molecular weight excluding hydrogens is 266 g/mol. The third-order valence-electron chi connectivity index (χ3n) is 3.39. The molecule has 5 heteroatoms. The predicted molar refractivity (Wildman–Crippen MR) is 83.4 cm³/mol. The van der Waals surface area contributed by atoms with E-state index in [4.69, 9.17) is 10.5 Å². The van der Waals surface area contributed by atoms with Gasteiger partial charge in [-0.15, -0.1) is 0 Å². The summed E-state index contributed by atoms with van der Waals surface area (Å²) in [5.41, 5.74) is 8.90. The van der Waals surface area contributed by atoms with Gasteiger partial charge in [0.1, 0.15) is 5.75 Å². The lowest BCUT2D eigenvalue weighted by Gasteiger charge is -2.11. The summed E-state index contributed by atoms with van der Waals surface area (Å²) in [5, 5.41) is 4.45. The van der Waals surface area contributed by atoms with Crippen LogP contribution in [0.5, 0.6) is 5.75 Å². The third-order valence-corrected chi connectivity index (χ3v) is 3.39. The third kappa shape index (κ3) is 3.13. The predicted octanol–water partition coefficient (Wildman–Crippen LogP) is 2.10. The lowest BCUT2D eigenvalue weighted by atomic mass is 10.1. The van der Waals surface area contributed by atoms with Gasteiger partial charge in [-0.05, 0) is 43.2 Å². The Morgan fingerprint density at radius 3 is 2.67 bits per heavy atom. The van der Waals surface area contributed by atoms with Crippen molar-refractivity contribution in [3.8, 4) is 17.0 Å². The van der Waals surface area contributed by atoms with Crippen molar-refractivity contribution < 1.29 is 4.74 Å². The summed E-state index contributed by atoms with van der Waals surface area (Å²) in [7, 11) is 1.65. The van der Waals surface area contributed by atoms with Gasteiger partial charge in [0.2, 0.25) is 0 Å². The highest BCUT2D eigenvalue weighted by molar-refractivity contribution is 5.62. The Balaban J connectivity index is 2.55. The van der Waals surface area contributed by atoms with Gasteiger partial charge in [0.25, 0.3) is 5.56 Å². The highest BCUT2D eigenvalue weighted by Crippen LogP contribution is 2.24. The average Bonchev–Trinajstić information content (AvgIpc) is 2.49. The van der Waals surface area contributed by atoms with Gasteiger partial charge in [-0.25, -0.2) is 4.68 Å². The molecule has 0 unspecified atom stereocenters. The number of methoxy groups -OCH3 is 1. The second-order valence-corrected chi connectivity index (χ2v) is 4.97. The van der Waals surface area contributed by atoms with Crippen molar-refractivity contribution in [1.82, 2.24) is 9.78 Å². The second-order valence-electron chi connectivity index (χ2n) is 4.97. The molecule has 0 fully saturated rings. The fourth-order valence-electron chi connectivity index (χ4n) is 2.29. The van der Waals surface area contributed by atoms with Crippen molar-refractivity contribution in [3.63, 3.8) is 0 Å². The lowest BCUT2D eigenvalue weighted by molar-refractivity contribution is 0.412. The number of hydrogen-bond acceptors (Lipinski definition) is 4. The zero-order valence-electron chi connectivity index (χ0n) is 12.7. The van der Waals surface area contributed by atoms with Gasteiger partial charge >= 0.3 is 0 Å². The number of nitrogens with zero attached hydrogens (tertiary/aromatic N) is 2. The van der Waals surface area contributed by atoms with Gasteiger partial charge in [0.05, 0.1) is 12.8 Å². The standard InChI is InChI=1S/C16H21N3O2/c1-4-7-19-16(20)13(10-17)9-14(18-19)12-5-6-15(21-3)11(2)8-12/h5-6,8-9H,4,7,10,17H2,1-3H3. The number of nitrogens with two attached hydrogens (primary N) is 1. The number of hydrogen-bond donors (Lipinski definition) is 1. The monoisotopic (exact) mass is 287 g/mol. The average molecular weight is 287 g/mol. The molecule has 1 heterocycles. The summed E-state index contributed by atoms with van der Waals surface area (Å²) < 4.78 is 6.76. The molecule has 0 bridgehead atoms. The molecule has 112 valence electrons. The van der Waals surface area contributed by atoms with Crippen LogP contribution >= 0.6 is 0 Å². The largest absolute Gasteiger partial charge is 0.496 e. The number of ether oxygens (including phenoxy) is 1. The van der Waals surface area contributed by atoms with Gasteiger partial charge < -0.3 is 10.5 Å². The summed E-state index contributed by atoms with van der Waals surface area (Å²) in [4.78, 5) is 12.1. The lowest BCUT2D eigenvalue weighted by Crippen LogP contribution is -2.28.